The van der Waals surface area contributed by atoms with E-state index in [2.05, 4.69) is 5.32 Å². The summed E-state index contributed by atoms with van der Waals surface area (Å²) in [6, 6.07) is 13.9. The molecule has 2 aromatic rings. The first-order chi connectivity index (χ1) is 9.18. The molecule has 0 heterocycles. The highest BCUT2D eigenvalue weighted by Crippen LogP contribution is 2.19. The fourth-order valence-corrected chi connectivity index (χ4v) is 1.78. The summed E-state index contributed by atoms with van der Waals surface area (Å²) < 4.78 is 13.8. The Morgan fingerprint density at radius 3 is 2.47 bits per heavy atom. The molecule has 0 aliphatic carbocycles. The van der Waals surface area contributed by atoms with Gasteiger partial charge in [-0.1, -0.05) is 42.5 Å². The Hall–Kier alpha value is -2.27. The molecule has 2 aromatic carbocycles. The van der Waals surface area contributed by atoms with Crippen molar-refractivity contribution in [3.8, 4) is 0 Å². The van der Waals surface area contributed by atoms with E-state index in [-0.39, 0.29) is 6.54 Å². The second-order valence-corrected chi connectivity index (χ2v) is 4.10. The molecule has 19 heavy (non-hydrogen) atoms. The predicted octanol–water partition coefficient (Wildman–Crippen LogP) is 3.02. The van der Waals surface area contributed by atoms with Gasteiger partial charge in [0.1, 0.15) is 0 Å². The lowest BCUT2D eigenvalue weighted by molar-refractivity contribution is -0.387. The number of nitro groups is 1. The first kappa shape index (κ1) is 13.2. The Morgan fingerprint density at radius 1 is 1.05 bits per heavy atom. The van der Waals surface area contributed by atoms with Gasteiger partial charge in [-0.05, 0) is 5.56 Å². The molecule has 0 saturated carbocycles. The van der Waals surface area contributed by atoms with E-state index in [0.29, 0.717) is 12.1 Å². The van der Waals surface area contributed by atoms with Crippen molar-refractivity contribution in [2.24, 2.45) is 0 Å². The van der Waals surface area contributed by atoms with Crippen LogP contribution < -0.4 is 5.32 Å². The molecule has 0 fully saturated rings. The number of rotatable bonds is 5. The van der Waals surface area contributed by atoms with Crippen LogP contribution in [0.5, 0.6) is 0 Å². The summed E-state index contributed by atoms with van der Waals surface area (Å²) in [6.07, 6.45) is 0. The van der Waals surface area contributed by atoms with Crippen LogP contribution in [0.1, 0.15) is 11.1 Å². The first-order valence-corrected chi connectivity index (χ1v) is 5.85. The maximum atomic E-state index is 13.8. The number of nitrogens with one attached hydrogen (secondary N) is 1. The maximum absolute atomic E-state index is 13.8. The fraction of sp³-hybridized carbons (Fsp3) is 0.143. The summed E-state index contributed by atoms with van der Waals surface area (Å²) in [5.41, 5.74) is 0.887. The molecule has 4 nitrogen and oxygen atoms in total. The van der Waals surface area contributed by atoms with Crippen molar-refractivity contribution in [3.05, 3.63) is 75.6 Å². The summed E-state index contributed by atoms with van der Waals surface area (Å²) in [5, 5.41) is 13.7. The molecule has 0 amide bonds. The highest BCUT2D eigenvalue weighted by atomic mass is 19.1. The molecular formula is C14H13FN2O2. The number of hydrogen-bond acceptors (Lipinski definition) is 3. The summed E-state index contributed by atoms with van der Waals surface area (Å²) >= 11 is 0. The summed E-state index contributed by atoms with van der Waals surface area (Å²) in [5.74, 6) is -0.770. The van der Waals surface area contributed by atoms with Gasteiger partial charge in [0, 0.05) is 24.7 Å². The molecule has 1 N–H and O–H groups in total. The Bertz CT molecular complexity index is 573. The average Bonchev–Trinajstić information content (AvgIpc) is 2.41. The van der Waals surface area contributed by atoms with Crippen molar-refractivity contribution in [3.63, 3.8) is 0 Å². The lowest BCUT2D eigenvalue weighted by Gasteiger charge is -2.06. The third-order valence-corrected chi connectivity index (χ3v) is 2.74. The van der Waals surface area contributed by atoms with Crippen LogP contribution in [-0.4, -0.2) is 4.92 Å². The van der Waals surface area contributed by atoms with E-state index in [1.54, 1.807) is 6.07 Å². The Kier molecular flexibility index (Phi) is 4.20. The second-order valence-electron chi connectivity index (χ2n) is 4.10. The molecule has 0 unspecified atom stereocenters. The summed E-state index contributed by atoms with van der Waals surface area (Å²) in [4.78, 5) is 9.90. The largest absolute Gasteiger partial charge is 0.309 e. The van der Waals surface area contributed by atoms with Crippen molar-refractivity contribution in [1.29, 1.82) is 0 Å². The predicted molar refractivity (Wildman–Crippen MR) is 70.0 cm³/mol. The van der Waals surface area contributed by atoms with Gasteiger partial charge in [-0.2, -0.15) is 4.39 Å². The number of hydrogen-bond donors (Lipinski definition) is 1. The lowest BCUT2D eigenvalue weighted by atomic mass is 10.1. The Balaban J connectivity index is 2.00. The van der Waals surface area contributed by atoms with E-state index < -0.39 is 16.4 Å². The second kappa shape index (κ2) is 6.06. The van der Waals surface area contributed by atoms with Crippen LogP contribution in [0.2, 0.25) is 0 Å². The number of nitrogens with zero attached hydrogens (tertiary/aromatic N) is 1. The van der Waals surface area contributed by atoms with E-state index in [0.717, 1.165) is 11.6 Å². The van der Waals surface area contributed by atoms with Crippen molar-refractivity contribution >= 4 is 5.69 Å². The van der Waals surface area contributed by atoms with Crippen LogP contribution in [0.3, 0.4) is 0 Å². The minimum Gasteiger partial charge on any atom is -0.309 e. The smallest absolute Gasteiger partial charge is 0.305 e. The minimum atomic E-state index is -0.770. The third kappa shape index (κ3) is 3.35. The van der Waals surface area contributed by atoms with Crippen molar-refractivity contribution in [2.45, 2.75) is 13.1 Å². The van der Waals surface area contributed by atoms with Gasteiger partial charge in [-0.3, -0.25) is 10.1 Å². The summed E-state index contributed by atoms with van der Waals surface area (Å²) in [7, 11) is 0. The molecule has 2 rings (SSSR count). The van der Waals surface area contributed by atoms with Crippen LogP contribution in [-0.2, 0) is 13.1 Å². The van der Waals surface area contributed by atoms with Gasteiger partial charge in [0.25, 0.3) is 0 Å². The zero-order valence-corrected chi connectivity index (χ0v) is 10.2. The molecule has 0 atom stereocenters. The van der Waals surface area contributed by atoms with Crippen LogP contribution in [0.25, 0.3) is 0 Å². The zero-order valence-electron chi connectivity index (χ0n) is 10.2. The van der Waals surface area contributed by atoms with E-state index >= 15 is 0 Å². The van der Waals surface area contributed by atoms with Gasteiger partial charge in [0.05, 0.1) is 4.92 Å². The standard InChI is InChI=1S/C14H13FN2O2/c15-14-12(7-4-8-13(14)17(18)19)10-16-9-11-5-2-1-3-6-11/h1-8,16H,9-10H2. The third-order valence-electron chi connectivity index (χ3n) is 2.74. The summed E-state index contributed by atoms with van der Waals surface area (Å²) in [6.45, 7) is 0.839. The zero-order chi connectivity index (χ0) is 13.7. The van der Waals surface area contributed by atoms with Gasteiger partial charge in [-0.15, -0.1) is 0 Å². The molecule has 98 valence electrons. The van der Waals surface area contributed by atoms with Gasteiger partial charge < -0.3 is 5.32 Å². The highest BCUT2D eigenvalue weighted by Gasteiger charge is 2.16. The number of halogens is 1. The maximum Gasteiger partial charge on any atom is 0.305 e. The van der Waals surface area contributed by atoms with Crippen LogP contribution in [0.15, 0.2) is 48.5 Å². The van der Waals surface area contributed by atoms with Gasteiger partial charge in [-0.25, -0.2) is 0 Å². The topological polar surface area (TPSA) is 55.2 Å². The molecule has 5 heteroatoms. The molecule has 0 spiro atoms. The van der Waals surface area contributed by atoms with Crippen molar-refractivity contribution in [1.82, 2.24) is 5.32 Å². The Labute approximate surface area is 110 Å². The fourth-order valence-electron chi connectivity index (χ4n) is 1.78. The van der Waals surface area contributed by atoms with E-state index in [1.807, 2.05) is 30.3 Å². The van der Waals surface area contributed by atoms with Crippen LogP contribution in [0, 0.1) is 15.9 Å². The molecule has 0 aliphatic heterocycles. The van der Waals surface area contributed by atoms with E-state index in [9.17, 15) is 14.5 Å². The van der Waals surface area contributed by atoms with Gasteiger partial charge in [0.15, 0.2) is 0 Å². The Morgan fingerprint density at radius 2 is 1.79 bits per heavy atom. The molecule has 0 bridgehead atoms. The minimum absolute atomic E-state index is 0.252. The highest BCUT2D eigenvalue weighted by molar-refractivity contribution is 5.36. The normalized spacial score (nSPS) is 10.4. The number of benzene rings is 2. The van der Waals surface area contributed by atoms with Crippen molar-refractivity contribution < 1.29 is 9.31 Å². The van der Waals surface area contributed by atoms with Gasteiger partial charge >= 0.3 is 5.69 Å². The first-order valence-electron chi connectivity index (χ1n) is 5.85. The SMILES string of the molecule is O=[N+]([O-])c1cccc(CNCc2ccccc2)c1F. The lowest BCUT2D eigenvalue weighted by Crippen LogP contribution is -2.14. The van der Waals surface area contributed by atoms with E-state index in [4.69, 9.17) is 0 Å². The molecule has 0 aromatic heterocycles. The van der Waals surface area contributed by atoms with E-state index in [1.165, 1.54) is 6.07 Å². The quantitative estimate of drug-likeness (QED) is 0.664. The van der Waals surface area contributed by atoms with Crippen LogP contribution >= 0.6 is 0 Å². The molecule has 0 radical (unpaired) electrons. The molecular weight excluding hydrogens is 247 g/mol. The average molecular weight is 260 g/mol. The van der Waals surface area contributed by atoms with Gasteiger partial charge in [0.2, 0.25) is 5.82 Å². The van der Waals surface area contributed by atoms with Crippen LogP contribution in [0.4, 0.5) is 10.1 Å². The number of nitro benzene ring substituents is 1. The molecule has 0 saturated heterocycles. The van der Waals surface area contributed by atoms with Crippen molar-refractivity contribution in [2.75, 3.05) is 0 Å². The monoisotopic (exact) mass is 260 g/mol. The molecule has 0 aliphatic rings.